The highest BCUT2D eigenvalue weighted by Gasteiger charge is 2.29. The molecule has 0 aliphatic carbocycles. The van der Waals surface area contributed by atoms with Gasteiger partial charge in [-0.1, -0.05) is 24.3 Å². The number of aliphatic carboxylic acids is 1. The third-order valence-electron chi connectivity index (χ3n) is 3.29. The van der Waals surface area contributed by atoms with Crippen LogP contribution in [-0.2, 0) is 20.9 Å². The summed E-state index contributed by atoms with van der Waals surface area (Å²) in [7, 11) is 0. The van der Waals surface area contributed by atoms with Crippen molar-refractivity contribution in [1.29, 1.82) is 0 Å². The number of nitrogens with one attached hydrogen (secondary N) is 1. The zero-order chi connectivity index (χ0) is 15.4. The largest absolute Gasteiger partial charge is 0.478 e. The Morgan fingerprint density at radius 3 is 2.95 bits per heavy atom. The van der Waals surface area contributed by atoms with Crippen LogP contribution in [-0.4, -0.2) is 40.4 Å². The molecule has 1 heterocycles. The molecule has 0 saturated carbocycles. The number of amides is 2. The summed E-state index contributed by atoms with van der Waals surface area (Å²) in [6.45, 7) is 2.37. The summed E-state index contributed by atoms with van der Waals surface area (Å²) >= 11 is 0. The first-order chi connectivity index (χ1) is 9.95. The number of carboxylic acid groups (broad SMARTS) is 1. The summed E-state index contributed by atoms with van der Waals surface area (Å²) in [5, 5.41) is 10.9. The number of piperazine rings is 1. The highest BCUT2D eigenvalue weighted by atomic mass is 16.4. The molecule has 1 aliphatic heterocycles. The lowest BCUT2D eigenvalue weighted by atomic mass is 10.1. The van der Waals surface area contributed by atoms with Crippen LogP contribution in [0.25, 0.3) is 6.08 Å². The molecule has 6 nitrogen and oxygen atoms in total. The third-order valence-corrected chi connectivity index (χ3v) is 3.29. The lowest BCUT2D eigenvalue weighted by Crippen LogP contribution is -2.56. The van der Waals surface area contributed by atoms with Crippen molar-refractivity contribution < 1.29 is 19.5 Å². The molecule has 0 spiro atoms. The average Bonchev–Trinajstić information content (AvgIpc) is 2.42. The molecule has 2 N–H and O–H groups in total. The maximum Gasteiger partial charge on any atom is 0.328 e. The van der Waals surface area contributed by atoms with Crippen molar-refractivity contribution in [2.24, 2.45) is 0 Å². The average molecular weight is 288 g/mol. The molecule has 1 aromatic carbocycles. The van der Waals surface area contributed by atoms with Crippen LogP contribution in [0.5, 0.6) is 0 Å². The van der Waals surface area contributed by atoms with Gasteiger partial charge < -0.3 is 5.11 Å². The number of rotatable bonds is 4. The van der Waals surface area contributed by atoms with Gasteiger partial charge in [-0.25, -0.2) is 4.79 Å². The molecule has 1 aromatic rings. The Balaban J connectivity index is 2.12. The molecule has 6 heteroatoms. The molecule has 1 unspecified atom stereocenters. The van der Waals surface area contributed by atoms with Gasteiger partial charge in [-0.3, -0.25) is 19.8 Å². The maximum absolute atomic E-state index is 11.6. The monoisotopic (exact) mass is 288 g/mol. The molecule has 2 amide bonds. The predicted octanol–water partition coefficient (Wildman–Crippen LogP) is 0.631. The minimum atomic E-state index is -1.01. The van der Waals surface area contributed by atoms with Crippen LogP contribution in [0.4, 0.5) is 0 Å². The molecule has 1 aliphatic rings. The Labute approximate surface area is 122 Å². The summed E-state index contributed by atoms with van der Waals surface area (Å²) in [4.78, 5) is 35.3. The molecule has 0 radical (unpaired) electrons. The van der Waals surface area contributed by atoms with Gasteiger partial charge in [-0.2, -0.15) is 0 Å². The van der Waals surface area contributed by atoms with Crippen molar-refractivity contribution in [1.82, 2.24) is 10.2 Å². The standard InChI is InChI=1S/C15H16N2O4/c1-10-15(21)16-13(18)9-17(10)8-12-4-2-3-11(7-12)5-6-14(19)20/h2-7,10H,8-9H2,1H3,(H,19,20)(H,16,18,21). The second kappa shape index (κ2) is 6.32. The minimum Gasteiger partial charge on any atom is -0.478 e. The van der Waals surface area contributed by atoms with Crippen molar-refractivity contribution in [3.63, 3.8) is 0 Å². The number of imide groups is 1. The Morgan fingerprint density at radius 1 is 1.48 bits per heavy atom. The lowest BCUT2D eigenvalue weighted by molar-refractivity contribution is -0.140. The van der Waals surface area contributed by atoms with E-state index in [9.17, 15) is 14.4 Å². The van der Waals surface area contributed by atoms with Gasteiger partial charge in [0.25, 0.3) is 0 Å². The second-order valence-electron chi connectivity index (χ2n) is 4.91. The smallest absolute Gasteiger partial charge is 0.328 e. The number of benzene rings is 1. The van der Waals surface area contributed by atoms with Crippen molar-refractivity contribution in [2.45, 2.75) is 19.5 Å². The maximum atomic E-state index is 11.6. The first kappa shape index (κ1) is 14.9. The van der Waals surface area contributed by atoms with Crippen molar-refractivity contribution in [3.05, 3.63) is 41.5 Å². The number of hydrogen-bond acceptors (Lipinski definition) is 4. The topological polar surface area (TPSA) is 86.7 Å². The zero-order valence-electron chi connectivity index (χ0n) is 11.6. The molecule has 21 heavy (non-hydrogen) atoms. The Bertz CT molecular complexity index is 609. The van der Waals surface area contributed by atoms with Crippen LogP contribution in [0.2, 0.25) is 0 Å². The Morgan fingerprint density at radius 2 is 2.24 bits per heavy atom. The fourth-order valence-corrected chi connectivity index (χ4v) is 2.16. The van der Waals surface area contributed by atoms with E-state index in [-0.39, 0.29) is 24.4 Å². The minimum absolute atomic E-state index is 0.169. The SMILES string of the molecule is CC1C(=O)NC(=O)CN1Cc1cccc(C=CC(=O)O)c1. The number of nitrogens with zero attached hydrogens (tertiary/aromatic N) is 1. The fourth-order valence-electron chi connectivity index (χ4n) is 2.16. The van der Waals surface area contributed by atoms with E-state index < -0.39 is 5.97 Å². The number of carbonyl (C=O) groups excluding carboxylic acids is 2. The van der Waals surface area contributed by atoms with Gasteiger partial charge in [0.2, 0.25) is 11.8 Å². The van der Waals surface area contributed by atoms with E-state index in [1.807, 2.05) is 18.2 Å². The van der Waals surface area contributed by atoms with Crippen molar-refractivity contribution in [2.75, 3.05) is 6.54 Å². The Kier molecular flexibility index (Phi) is 4.49. The molecule has 110 valence electrons. The summed E-state index contributed by atoms with van der Waals surface area (Å²) in [6, 6.07) is 6.94. The van der Waals surface area contributed by atoms with Crippen molar-refractivity contribution in [3.8, 4) is 0 Å². The van der Waals surface area contributed by atoms with E-state index in [4.69, 9.17) is 5.11 Å². The Hall–Kier alpha value is -2.47. The molecule has 1 fully saturated rings. The van der Waals surface area contributed by atoms with Crippen LogP contribution >= 0.6 is 0 Å². The van der Waals surface area contributed by atoms with Gasteiger partial charge in [-0.15, -0.1) is 0 Å². The lowest BCUT2D eigenvalue weighted by Gasteiger charge is -2.31. The third kappa shape index (κ3) is 4.00. The highest BCUT2D eigenvalue weighted by molar-refractivity contribution is 6.00. The van der Waals surface area contributed by atoms with Gasteiger partial charge in [0.1, 0.15) is 0 Å². The summed E-state index contributed by atoms with van der Waals surface area (Å²) in [6.07, 6.45) is 2.57. The normalized spacial score (nSPS) is 19.8. The van der Waals surface area contributed by atoms with Crippen molar-refractivity contribution >= 4 is 23.9 Å². The molecular weight excluding hydrogens is 272 g/mol. The molecule has 1 saturated heterocycles. The van der Waals surface area contributed by atoms with Gasteiger partial charge in [-0.05, 0) is 24.1 Å². The second-order valence-corrected chi connectivity index (χ2v) is 4.91. The zero-order valence-corrected chi connectivity index (χ0v) is 11.6. The first-order valence-electron chi connectivity index (χ1n) is 6.53. The van der Waals surface area contributed by atoms with E-state index in [2.05, 4.69) is 5.32 Å². The van der Waals surface area contributed by atoms with Gasteiger partial charge in [0.05, 0.1) is 12.6 Å². The summed E-state index contributed by atoms with van der Waals surface area (Å²) in [5.74, 6) is -1.61. The quantitative estimate of drug-likeness (QED) is 0.627. The highest BCUT2D eigenvalue weighted by Crippen LogP contribution is 2.13. The van der Waals surface area contributed by atoms with E-state index in [0.717, 1.165) is 17.2 Å². The van der Waals surface area contributed by atoms with E-state index in [1.54, 1.807) is 17.9 Å². The fraction of sp³-hybridized carbons (Fsp3) is 0.267. The predicted molar refractivity (Wildman–Crippen MR) is 76.1 cm³/mol. The van der Waals surface area contributed by atoms with Crippen LogP contribution in [0.3, 0.4) is 0 Å². The molecular formula is C15H16N2O4. The van der Waals surface area contributed by atoms with Crippen LogP contribution in [0.1, 0.15) is 18.1 Å². The number of carbonyl (C=O) groups is 3. The first-order valence-corrected chi connectivity index (χ1v) is 6.53. The van der Waals surface area contributed by atoms with Crippen LogP contribution in [0.15, 0.2) is 30.3 Å². The van der Waals surface area contributed by atoms with Gasteiger partial charge in [0.15, 0.2) is 0 Å². The van der Waals surface area contributed by atoms with E-state index >= 15 is 0 Å². The van der Waals surface area contributed by atoms with E-state index in [0.29, 0.717) is 6.54 Å². The number of hydrogen-bond donors (Lipinski definition) is 2. The van der Waals surface area contributed by atoms with Crippen LogP contribution in [0, 0.1) is 0 Å². The van der Waals surface area contributed by atoms with Crippen LogP contribution < -0.4 is 5.32 Å². The van der Waals surface area contributed by atoms with E-state index in [1.165, 1.54) is 6.08 Å². The summed E-state index contributed by atoms with van der Waals surface area (Å²) < 4.78 is 0. The molecule has 0 aromatic heterocycles. The number of carboxylic acids is 1. The molecule has 1 atom stereocenters. The van der Waals surface area contributed by atoms with Gasteiger partial charge >= 0.3 is 5.97 Å². The summed E-state index contributed by atoms with van der Waals surface area (Å²) in [5.41, 5.74) is 1.67. The molecule has 0 bridgehead atoms. The molecule has 2 rings (SSSR count). The van der Waals surface area contributed by atoms with Gasteiger partial charge in [0, 0.05) is 12.6 Å².